The van der Waals surface area contributed by atoms with Gasteiger partial charge in [-0.25, -0.2) is 14.1 Å². The minimum absolute atomic E-state index is 0.156. The van der Waals surface area contributed by atoms with Crippen LogP contribution in [0.5, 0.6) is 0 Å². The lowest BCUT2D eigenvalue weighted by molar-refractivity contribution is -0.117. The van der Waals surface area contributed by atoms with Gasteiger partial charge in [-0.05, 0) is 30.7 Å². The molecule has 8 heteroatoms. The highest BCUT2D eigenvalue weighted by atomic mass is 79.9. The summed E-state index contributed by atoms with van der Waals surface area (Å²) in [5.41, 5.74) is 1.07. The minimum Gasteiger partial charge on any atom is -0.314 e. The number of rotatable bonds is 5. The Morgan fingerprint density at radius 1 is 1.50 bits per heavy atom. The van der Waals surface area contributed by atoms with Gasteiger partial charge >= 0.3 is 0 Å². The smallest absolute Gasteiger partial charge is 0.248 e. The predicted octanol–water partition coefficient (Wildman–Crippen LogP) is 2.37. The number of benzene rings is 1. The Labute approximate surface area is 148 Å². The number of hydrogen-bond donors (Lipinski definition) is 2. The van der Waals surface area contributed by atoms with Gasteiger partial charge in [-0.15, -0.1) is 5.10 Å². The van der Waals surface area contributed by atoms with Crippen LogP contribution < -0.4 is 10.6 Å². The van der Waals surface area contributed by atoms with Crippen LogP contribution >= 0.6 is 15.9 Å². The normalized spacial score (nSPS) is 20.8. The monoisotopic (exact) mass is 395 g/mol. The van der Waals surface area contributed by atoms with Crippen LogP contribution in [0.15, 0.2) is 35.1 Å². The number of amides is 1. The van der Waals surface area contributed by atoms with Crippen molar-refractivity contribution in [2.45, 2.75) is 25.6 Å². The molecule has 0 spiro atoms. The number of piperidine rings is 1. The van der Waals surface area contributed by atoms with Crippen LogP contribution in [0.25, 0.3) is 0 Å². The van der Waals surface area contributed by atoms with E-state index in [9.17, 15) is 9.18 Å². The predicted molar refractivity (Wildman–Crippen MR) is 92.4 cm³/mol. The van der Waals surface area contributed by atoms with Crippen LogP contribution in [-0.2, 0) is 11.3 Å². The van der Waals surface area contributed by atoms with Crippen LogP contribution in [0.2, 0.25) is 0 Å². The number of aromatic nitrogens is 3. The third kappa shape index (κ3) is 4.61. The van der Waals surface area contributed by atoms with Crippen molar-refractivity contribution in [1.29, 1.82) is 0 Å². The molecule has 0 radical (unpaired) electrons. The average Bonchev–Trinajstić information content (AvgIpc) is 2.96. The molecular weight excluding hydrogens is 377 g/mol. The molecule has 3 rings (SSSR count). The van der Waals surface area contributed by atoms with Crippen LogP contribution in [-0.4, -0.2) is 39.9 Å². The quantitative estimate of drug-likeness (QED) is 0.814. The van der Waals surface area contributed by atoms with Crippen molar-refractivity contribution < 1.29 is 9.18 Å². The van der Waals surface area contributed by atoms with Crippen molar-refractivity contribution in [3.8, 4) is 0 Å². The Morgan fingerprint density at radius 3 is 3.17 bits per heavy atom. The number of carbonyl (C=O) groups excluding carboxylic acids is 1. The first-order chi connectivity index (χ1) is 11.6. The zero-order valence-electron chi connectivity index (χ0n) is 13.1. The summed E-state index contributed by atoms with van der Waals surface area (Å²) >= 11 is 3.43. The Hall–Kier alpha value is -1.80. The summed E-state index contributed by atoms with van der Waals surface area (Å²) in [6.07, 6.45) is 1.41. The molecule has 0 saturated carbocycles. The van der Waals surface area contributed by atoms with E-state index in [1.165, 1.54) is 0 Å². The molecule has 1 aliphatic rings. The third-order valence-corrected chi connectivity index (χ3v) is 4.50. The summed E-state index contributed by atoms with van der Waals surface area (Å²) in [5.74, 6) is -0.237. The molecule has 6 nitrogen and oxygen atoms in total. The molecule has 2 aromatic rings. The average molecular weight is 396 g/mol. The molecule has 2 atom stereocenters. The van der Waals surface area contributed by atoms with E-state index in [-0.39, 0.29) is 24.2 Å². The van der Waals surface area contributed by atoms with Gasteiger partial charge < -0.3 is 5.32 Å². The number of alkyl halides is 1. The third-order valence-electron chi connectivity index (χ3n) is 4.01. The zero-order chi connectivity index (χ0) is 16.9. The van der Waals surface area contributed by atoms with E-state index in [1.807, 2.05) is 24.3 Å². The maximum atomic E-state index is 13.7. The summed E-state index contributed by atoms with van der Waals surface area (Å²) in [7, 11) is 0. The maximum absolute atomic E-state index is 13.7. The molecular formula is C16H19BrFN5O. The highest BCUT2D eigenvalue weighted by Crippen LogP contribution is 2.20. The molecule has 1 fully saturated rings. The van der Waals surface area contributed by atoms with Gasteiger partial charge in [-0.3, -0.25) is 10.1 Å². The molecule has 2 N–H and O–H groups in total. The van der Waals surface area contributed by atoms with Crippen LogP contribution in [0.1, 0.15) is 18.4 Å². The molecule has 2 unspecified atom stereocenters. The molecule has 0 aliphatic carbocycles. The molecule has 1 saturated heterocycles. The number of nitrogens with zero attached hydrogens (tertiary/aromatic N) is 3. The Morgan fingerprint density at radius 2 is 2.38 bits per heavy atom. The van der Waals surface area contributed by atoms with Gasteiger partial charge in [0.05, 0.1) is 6.54 Å². The van der Waals surface area contributed by atoms with E-state index in [1.54, 1.807) is 11.0 Å². The van der Waals surface area contributed by atoms with Crippen LogP contribution in [0.3, 0.4) is 0 Å². The van der Waals surface area contributed by atoms with E-state index < -0.39 is 6.17 Å². The first-order valence-electron chi connectivity index (χ1n) is 7.88. The van der Waals surface area contributed by atoms with Gasteiger partial charge in [0, 0.05) is 23.4 Å². The van der Waals surface area contributed by atoms with Crippen molar-refractivity contribution in [2.24, 2.45) is 5.92 Å². The van der Waals surface area contributed by atoms with E-state index in [0.29, 0.717) is 19.5 Å². The first-order valence-corrected chi connectivity index (χ1v) is 8.68. The zero-order valence-corrected chi connectivity index (χ0v) is 14.7. The number of hydrogen-bond acceptors (Lipinski definition) is 4. The lowest BCUT2D eigenvalue weighted by atomic mass is 9.92. The summed E-state index contributed by atoms with van der Waals surface area (Å²) in [5, 5.41) is 9.87. The second-order valence-corrected chi connectivity index (χ2v) is 6.83. The Bertz CT molecular complexity index is 707. The summed E-state index contributed by atoms with van der Waals surface area (Å²) < 4.78 is 16.4. The van der Waals surface area contributed by atoms with Crippen molar-refractivity contribution in [2.75, 3.05) is 18.4 Å². The standard InChI is InChI=1S/C16H19BrFN5O/c17-13-3-1-2-11(6-13)9-23-10-20-16(22-23)21-15(24)7-12-4-5-19-8-14(12)18/h1-3,6,10,12,14,19H,4-5,7-9H2,(H,21,22,24). The van der Waals surface area contributed by atoms with Gasteiger partial charge in [0.1, 0.15) is 12.5 Å². The summed E-state index contributed by atoms with van der Waals surface area (Å²) in [6.45, 7) is 1.62. The fourth-order valence-corrected chi connectivity index (χ4v) is 3.22. The Kier molecular flexibility index (Phi) is 5.57. The fourth-order valence-electron chi connectivity index (χ4n) is 2.77. The topological polar surface area (TPSA) is 71.8 Å². The largest absolute Gasteiger partial charge is 0.314 e. The van der Waals surface area contributed by atoms with E-state index in [0.717, 1.165) is 16.6 Å². The molecule has 1 amide bonds. The number of carbonyl (C=O) groups is 1. The van der Waals surface area contributed by atoms with Crippen LogP contribution in [0.4, 0.5) is 10.3 Å². The van der Waals surface area contributed by atoms with Crippen molar-refractivity contribution in [3.05, 3.63) is 40.6 Å². The molecule has 1 aliphatic heterocycles. The van der Waals surface area contributed by atoms with Crippen molar-refractivity contribution in [1.82, 2.24) is 20.1 Å². The van der Waals surface area contributed by atoms with Gasteiger partial charge in [-0.2, -0.15) is 0 Å². The van der Waals surface area contributed by atoms with E-state index in [4.69, 9.17) is 0 Å². The molecule has 2 heterocycles. The van der Waals surface area contributed by atoms with Crippen LogP contribution in [0, 0.1) is 5.92 Å². The van der Waals surface area contributed by atoms with Crippen molar-refractivity contribution in [3.63, 3.8) is 0 Å². The van der Waals surface area contributed by atoms with Gasteiger partial charge in [0.2, 0.25) is 11.9 Å². The summed E-state index contributed by atoms with van der Waals surface area (Å²) in [6, 6.07) is 7.89. The maximum Gasteiger partial charge on any atom is 0.248 e. The second kappa shape index (κ2) is 7.85. The lowest BCUT2D eigenvalue weighted by Crippen LogP contribution is -2.39. The number of anilines is 1. The minimum atomic E-state index is -0.980. The summed E-state index contributed by atoms with van der Waals surface area (Å²) in [4.78, 5) is 16.1. The highest BCUT2D eigenvalue weighted by Gasteiger charge is 2.26. The lowest BCUT2D eigenvalue weighted by Gasteiger charge is -2.25. The SMILES string of the molecule is O=C(CC1CCNCC1F)Nc1ncn(Cc2cccc(Br)c2)n1. The van der Waals surface area contributed by atoms with Crippen molar-refractivity contribution >= 4 is 27.8 Å². The number of nitrogens with one attached hydrogen (secondary N) is 2. The van der Waals surface area contributed by atoms with Gasteiger partial charge in [0.25, 0.3) is 0 Å². The van der Waals surface area contributed by atoms with Gasteiger partial charge in [-0.1, -0.05) is 28.1 Å². The highest BCUT2D eigenvalue weighted by molar-refractivity contribution is 9.10. The molecule has 24 heavy (non-hydrogen) atoms. The molecule has 1 aromatic carbocycles. The van der Waals surface area contributed by atoms with E-state index >= 15 is 0 Å². The Balaban J connectivity index is 1.54. The number of halogens is 2. The fraction of sp³-hybridized carbons (Fsp3) is 0.438. The van der Waals surface area contributed by atoms with E-state index in [2.05, 4.69) is 36.6 Å². The molecule has 128 valence electrons. The second-order valence-electron chi connectivity index (χ2n) is 5.92. The molecule has 1 aromatic heterocycles. The molecule has 0 bridgehead atoms. The first kappa shape index (κ1) is 17.0. The van der Waals surface area contributed by atoms with Gasteiger partial charge in [0.15, 0.2) is 0 Å².